The Morgan fingerprint density at radius 3 is 2.64 bits per heavy atom. The van der Waals surface area contributed by atoms with Crippen molar-refractivity contribution in [3.8, 4) is 0 Å². The van der Waals surface area contributed by atoms with Gasteiger partial charge in [0.05, 0.1) is 5.41 Å². The highest BCUT2D eigenvalue weighted by atomic mass is 19.1. The zero-order valence-corrected chi connectivity index (χ0v) is 17.1. The Hall–Kier alpha value is -1.95. The summed E-state index contributed by atoms with van der Waals surface area (Å²) in [5.74, 6) is 0.328. The molecule has 1 unspecified atom stereocenters. The highest BCUT2D eigenvalue weighted by Crippen LogP contribution is 2.45. The number of hydrogen-bond acceptors (Lipinski definition) is 3. The average Bonchev–Trinajstić information content (AvgIpc) is 2.87. The predicted molar refractivity (Wildman–Crippen MR) is 105 cm³/mol. The molecule has 154 valence electrons. The Balaban J connectivity index is 1.75. The standard InChI is InChI=1S/C22H31FN2O3/c1-16(2)14-25-19(12-17-5-4-6-18(23)11-17)13-22(21(25)27)7-9-24(10-8-22)20(26)15-28-3/h4-6,11,16,19H,7-10,12-15H2,1-3H3. The highest BCUT2D eigenvalue weighted by Gasteiger charge is 2.52. The summed E-state index contributed by atoms with van der Waals surface area (Å²) >= 11 is 0. The van der Waals surface area contributed by atoms with Crippen molar-refractivity contribution >= 4 is 11.8 Å². The number of amides is 2. The van der Waals surface area contributed by atoms with Gasteiger partial charge in [0.2, 0.25) is 11.8 Å². The number of hydrogen-bond donors (Lipinski definition) is 0. The van der Waals surface area contributed by atoms with Gasteiger partial charge < -0.3 is 14.5 Å². The second-order valence-corrected chi connectivity index (χ2v) is 8.64. The quantitative estimate of drug-likeness (QED) is 0.751. The van der Waals surface area contributed by atoms with Crippen LogP contribution in [0.3, 0.4) is 0 Å². The molecule has 2 fully saturated rings. The third-order valence-corrected chi connectivity index (χ3v) is 6.04. The monoisotopic (exact) mass is 390 g/mol. The fourth-order valence-corrected chi connectivity index (χ4v) is 4.68. The SMILES string of the molecule is COCC(=O)N1CCC2(CC1)CC(Cc1cccc(F)c1)N(CC(C)C)C2=O. The lowest BCUT2D eigenvalue weighted by Crippen LogP contribution is -2.48. The maximum atomic E-state index is 13.6. The van der Waals surface area contributed by atoms with E-state index in [1.165, 1.54) is 13.2 Å². The largest absolute Gasteiger partial charge is 0.375 e. The van der Waals surface area contributed by atoms with Gasteiger partial charge >= 0.3 is 0 Å². The minimum atomic E-state index is -0.392. The summed E-state index contributed by atoms with van der Waals surface area (Å²) in [4.78, 5) is 29.3. The van der Waals surface area contributed by atoms with Crippen molar-refractivity contribution in [1.29, 1.82) is 0 Å². The molecule has 2 amide bonds. The van der Waals surface area contributed by atoms with E-state index in [9.17, 15) is 14.0 Å². The van der Waals surface area contributed by atoms with Gasteiger partial charge in [0.15, 0.2) is 0 Å². The smallest absolute Gasteiger partial charge is 0.248 e. The first-order valence-electron chi connectivity index (χ1n) is 10.2. The van der Waals surface area contributed by atoms with Crippen LogP contribution in [0.2, 0.25) is 0 Å². The van der Waals surface area contributed by atoms with Crippen LogP contribution < -0.4 is 0 Å². The zero-order chi connectivity index (χ0) is 20.3. The molecule has 0 N–H and O–H groups in total. The molecule has 1 atom stereocenters. The van der Waals surface area contributed by atoms with Crippen LogP contribution in [0.1, 0.15) is 38.7 Å². The van der Waals surface area contributed by atoms with Gasteiger partial charge in [-0.2, -0.15) is 0 Å². The number of methoxy groups -OCH3 is 1. The molecule has 1 spiro atoms. The van der Waals surface area contributed by atoms with Crippen LogP contribution in [0.5, 0.6) is 0 Å². The molecule has 0 aromatic heterocycles. The van der Waals surface area contributed by atoms with Crippen molar-refractivity contribution in [3.05, 3.63) is 35.6 Å². The van der Waals surface area contributed by atoms with E-state index in [4.69, 9.17) is 4.74 Å². The summed E-state index contributed by atoms with van der Waals surface area (Å²) in [6.07, 6.45) is 2.83. The number of halogens is 1. The van der Waals surface area contributed by atoms with Gasteiger partial charge in [-0.05, 0) is 49.3 Å². The lowest BCUT2D eigenvalue weighted by molar-refractivity contribution is -0.144. The van der Waals surface area contributed by atoms with Gasteiger partial charge in [0.1, 0.15) is 12.4 Å². The van der Waals surface area contributed by atoms with Crippen LogP contribution in [0.15, 0.2) is 24.3 Å². The van der Waals surface area contributed by atoms with Gasteiger partial charge in [-0.1, -0.05) is 26.0 Å². The maximum absolute atomic E-state index is 13.6. The number of carbonyl (C=O) groups excluding carboxylic acids is 2. The van der Waals surface area contributed by atoms with Crippen LogP contribution in [0, 0.1) is 17.2 Å². The van der Waals surface area contributed by atoms with Crippen LogP contribution >= 0.6 is 0 Å². The second kappa shape index (κ2) is 8.60. The summed E-state index contributed by atoms with van der Waals surface area (Å²) in [7, 11) is 1.52. The van der Waals surface area contributed by atoms with Gasteiger partial charge in [-0.25, -0.2) is 4.39 Å². The van der Waals surface area contributed by atoms with Gasteiger partial charge in [0, 0.05) is 32.8 Å². The summed E-state index contributed by atoms with van der Waals surface area (Å²) in [6, 6.07) is 6.75. The fraction of sp³-hybridized carbons (Fsp3) is 0.636. The molecule has 28 heavy (non-hydrogen) atoms. The Kier molecular flexibility index (Phi) is 6.38. The lowest BCUT2D eigenvalue weighted by atomic mass is 9.75. The third-order valence-electron chi connectivity index (χ3n) is 6.04. The van der Waals surface area contributed by atoms with E-state index < -0.39 is 5.41 Å². The van der Waals surface area contributed by atoms with E-state index in [2.05, 4.69) is 13.8 Å². The van der Waals surface area contributed by atoms with Crippen molar-refractivity contribution in [2.75, 3.05) is 33.4 Å². The molecule has 1 aromatic rings. The molecule has 2 saturated heterocycles. The van der Waals surface area contributed by atoms with Gasteiger partial charge in [-0.15, -0.1) is 0 Å². The third kappa shape index (κ3) is 4.37. The number of piperidine rings is 1. The first kappa shape index (κ1) is 20.8. The van der Waals surface area contributed by atoms with E-state index in [0.29, 0.717) is 44.8 Å². The van der Waals surface area contributed by atoms with Crippen LogP contribution in [-0.4, -0.2) is 61.0 Å². The Labute approximate surface area is 166 Å². The van der Waals surface area contributed by atoms with Crippen molar-refractivity contribution in [3.63, 3.8) is 0 Å². The van der Waals surface area contributed by atoms with Crippen molar-refractivity contribution in [2.24, 2.45) is 11.3 Å². The molecule has 2 aliphatic heterocycles. The first-order chi connectivity index (χ1) is 13.3. The minimum Gasteiger partial charge on any atom is -0.375 e. The first-order valence-corrected chi connectivity index (χ1v) is 10.2. The van der Waals surface area contributed by atoms with E-state index in [1.54, 1.807) is 17.0 Å². The Bertz CT molecular complexity index is 713. The number of nitrogens with zero attached hydrogens (tertiary/aromatic N) is 2. The zero-order valence-electron chi connectivity index (χ0n) is 17.1. The summed E-state index contributed by atoms with van der Waals surface area (Å²) < 4.78 is 18.6. The molecule has 0 saturated carbocycles. The van der Waals surface area contributed by atoms with E-state index in [0.717, 1.165) is 12.0 Å². The predicted octanol–water partition coefficient (Wildman–Crippen LogP) is 2.88. The normalized spacial score (nSPS) is 21.8. The van der Waals surface area contributed by atoms with Gasteiger partial charge in [0.25, 0.3) is 0 Å². The summed E-state index contributed by atoms with van der Waals surface area (Å²) in [5.41, 5.74) is 0.535. The molecule has 5 nitrogen and oxygen atoms in total. The number of ether oxygens (including phenoxy) is 1. The van der Waals surface area contributed by atoms with Crippen LogP contribution in [0.4, 0.5) is 4.39 Å². The van der Waals surface area contributed by atoms with Crippen molar-refractivity contribution in [1.82, 2.24) is 9.80 Å². The molecule has 3 rings (SSSR count). The fourth-order valence-electron chi connectivity index (χ4n) is 4.68. The minimum absolute atomic E-state index is 0.0156. The van der Waals surface area contributed by atoms with Crippen LogP contribution in [-0.2, 0) is 20.7 Å². The lowest BCUT2D eigenvalue weighted by Gasteiger charge is -2.38. The molecule has 6 heteroatoms. The number of likely N-dealkylation sites (tertiary alicyclic amines) is 2. The van der Waals surface area contributed by atoms with Crippen LogP contribution in [0.25, 0.3) is 0 Å². The average molecular weight is 390 g/mol. The molecule has 0 bridgehead atoms. The van der Waals surface area contributed by atoms with Gasteiger partial charge in [-0.3, -0.25) is 9.59 Å². The molecule has 1 aromatic carbocycles. The highest BCUT2D eigenvalue weighted by molar-refractivity contribution is 5.86. The molecular formula is C22H31FN2O3. The summed E-state index contributed by atoms with van der Waals surface area (Å²) in [6.45, 7) is 6.22. The summed E-state index contributed by atoms with van der Waals surface area (Å²) in [5, 5.41) is 0. The number of benzene rings is 1. The van der Waals surface area contributed by atoms with Crippen molar-refractivity contribution in [2.45, 2.75) is 45.6 Å². The van der Waals surface area contributed by atoms with E-state index in [1.807, 2.05) is 11.0 Å². The number of carbonyl (C=O) groups is 2. The Morgan fingerprint density at radius 2 is 2.04 bits per heavy atom. The van der Waals surface area contributed by atoms with E-state index in [-0.39, 0.29) is 30.3 Å². The molecule has 0 aliphatic carbocycles. The maximum Gasteiger partial charge on any atom is 0.248 e. The molecule has 0 radical (unpaired) electrons. The number of rotatable bonds is 6. The molecule has 2 heterocycles. The second-order valence-electron chi connectivity index (χ2n) is 8.64. The van der Waals surface area contributed by atoms with Crippen molar-refractivity contribution < 1.29 is 18.7 Å². The Morgan fingerprint density at radius 1 is 1.32 bits per heavy atom. The molecular weight excluding hydrogens is 359 g/mol. The molecule has 2 aliphatic rings. The van der Waals surface area contributed by atoms with E-state index >= 15 is 0 Å². The topological polar surface area (TPSA) is 49.9 Å².